The molecule has 0 fully saturated rings. The van der Waals surface area contributed by atoms with Crippen molar-refractivity contribution >= 4 is 0 Å². The Bertz CT molecular complexity index is 388. The maximum Gasteiger partial charge on any atom is 0.127 e. The lowest BCUT2D eigenvalue weighted by Gasteiger charge is -2.09. The Labute approximate surface area is 105 Å². The Morgan fingerprint density at radius 3 is 2.76 bits per heavy atom. The molecule has 0 spiro atoms. The lowest BCUT2D eigenvalue weighted by molar-refractivity contribution is 0.424. The van der Waals surface area contributed by atoms with Crippen LogP contribution in [0.25, 0.3) is 0 Å². The highest BCUT2D eigenvalue weighted by atomic mass is 16.5. The molecule has 0 bridgehead atoms. The summed E-state index contributed by atoms with van der Waals surface area (Å²) < 4.78 is 5.78. The predicted molar refractivity (Wildman–Crippen MR) is 74.3 cm³/mol. The second-order valence-corrected chi connectivity index (χ2v) is 4.51. The van der Waals surface area contributed by atoms with E-state index in [1.54, 1.807) is 0 Å². The van der Waals surface area contributed by atoms with Crippen LogP contribution in [0.1, 0.15) is 45.1 Å². The van der Waals surface area contributed by atoms with E-state index in [-0.39, 0.29) is 0 Å². The fraction of sp³-hybridized carbons (Fsp3) is 0.375. The molecule has 0 amide bonds. The molecule has 0 aromatic heterocycles. The van der Waals surface area contributed by atoms with E-state index < -0.39 is 0 Å². The minimum Gasteiger partial charge on any atom is -0.462 e. The Morgan fingerprint density at radius 1 is 1.35 bits per heavy atom. The molecule has 0 aliphatic heterocycles. The Hall–Kier alpha value is -1.50. The van der Waals surface area contributed by atoms with Crippen LogP contribution in [0.2, 0.25) is 0 Å². The number of allylic oxidation sites excluding steroid dienone is 3. The molecule has 17 heavy (non-hydrogen) atoms. The van der Waals surface area contributed by atoms with Gasteiger partial charge < -0.3 is 4.74 Å². The van der Waals surface area contributed by atoms with Crippen molar-refractivity contribution in [2.45, 2.75) is 39.5 Å². The van der Waals surface area contributed by atoms with Crippen LogP contribution in [0.4, 0.5) is 0 Å². The summed E-state index contributed by atoms with van der Waals surface area (Å²) in [5.41, 5.74) is 1.31. The summed E-state index contributed by atoms with van der Waals surface area (Å²) in [4.78, 5) is 0. The van der Waals surface area contributed by atoms with E-state index in [1.165, 1.54) is 5.56 Å². The first-order valence-electron chi connectivity index (χ1n) is 6.19. The van der Waals surface area contributed by atoms with Crippen molar-refractivity contribution in [1.29, 1.82) is 0 Å². The molecule has 1 heteroatoms. The van der Waals surface area contributed by atoms with Gasteiger partial charge >= 0.3 is 0 Å². The molecule has 1 rings (SSSR count). The highest BCUT2D eigenvalue weighted by Gasteiger charge is 2.01. The molecule has 0 atom stereocenters. The quantitative estimate of drug-likeness (QED) is 0.377. The van der Waals surface area contributed by atoms with Crippen molar-refractivity contribution in [3.05, 3.63) is 54.3 Å². The lowest BCUT2D eigenvalue weighted by atomic mass is 10.0. The highest BCUT2D eigenvalue weighted by Crippen LogP contribution is 2.21. The number of unbranched alkanes of at least 4 members (excludes halogenated alkanes) is 1. The summed E-state index contributed by atoms with van der Waals surface area (Å²) in [5, 5.41) is 0. The fourth-order valence-corrected chi connectivity index (χ4v) is 1.57. The minimum atomic E-state index is 0.531. The van der Waals surface area contributed by atoms with E-state index in [1.807, 2.05) is 25.1 Å². The van der Waals surface area contributed by atoms with Crippen LogP contribution < -0.4 is 4.74 Å². The molecule has 0 N–H and O–H groups in total. The molecular formula is C16H22O. The molecule has 1 aromatic carbocycles. The van der Waals surface area contributed by atoms with E-state index in [4.69, 9.17) is 4.74 Å². The van der Waals surface area contributed by atoms with Gasteiger partial charge in [0.05, 0.1) is 5.76 Å². The number of hydrogen-bond acceptors (Lipinski definition) is 1. The summed E-state index contributed by atoms with van der Waals surface area (Å²) in [6, 6.07) is 8.28. The van der Waals surface area contributed by atoms with Gasteiger partial charge in [0.1, 0.15) is 5.75 Å². The number of benzene rings is 1. The first-order valence-corrected chi connectivity index (χ1v) is 6.19. The topological polar surface area (TPSA) is 9.23 Å². The first-order chi connectivity index (χ1) is 8.13. The molecule has 0 radical (unpaired) electrons. The lowest BCUT2D eigenvalue weighted by Crippen LogP contribution is -1.93. The molecule has 0 aliphatic carbocycles. The number of rotatable bonds is 6. The molecule has 92 valence electrons. The molecular weight excluding hydrogens is 208 g/mol. The second-order valence-electron chi connectivity index (χ2n) is 4.51. The van der Waals surface area contributed by atoms with Gasteiger partial charge in [-0.05, 0) is 49.5 Å². The minimum absolute atomic E-state index is 0.531. The van der Waals surface area contributed by atoms with Crippen molar-refractivity contribution in [3.63, 3.8) is 0 Å². The van der Waals surface area contributed by atoms with Crippen LogP contribution in [0.15, 0.2) is 48.8 Å². The zero-order valence-corrected chi connectivity index (χ0v) is 11.1. The van der Waals surface area contributed by atoms with Crippen LogP contribution >= 0.6 is 0 Å². The van der Waals surface area contributed by atoms with Gasteiger partial charge in [-0.2, -0.15) is 0 Å². The maximum absolute atomic E-state index is 5.78. The zero-order valence-electron chi connectivity index (χ0n) is 11.1. The Kier molecular flexibility index (Phi) is 5.55. The van der Waals surface area contributed by atoms with E-state index in [0.717, 1.165) is 24.4 Å². The average molecular weight is 230 g/mol. The van der Waals surface area contributed by atoms with Crippen LogP contribution in [0.3, 0.4) is 0 Å². The molecule has 0 heterocycles. The first kappa shape index (κ1) is 13.6. The standard InChI is InChI=1S/C16H22O/c1-5-6-7-9-14(4)17-16-11-8-10-15(12-16)13(2)3/h5,8-13H,1,6-7H2,2-4H3/b14-9+. The monoisotopic (exact) mass is 230 g/mol. The predicted octanol–water partition coefficient (Wildman–Crippen LogP) is 5.06. The van der Waals surface area contributed by atoms with Crippen LogP contribution in [0.5, 0.6) is 5.75 Å². The summed E-state index contributed by atoms with van der Waals surface area (Å²) in [6.07, 6.45) is 6.00. The third-order valence-electron chi connectivity index (χ3n) is 2.61. The largest absolute Gasteiger partial charge is 0.462 e. The smallest absolute Gasteiger partial charge is 0.127 e. The SMILES string of the molecule is C=CCC/C=C(\C)Oc1cccc(C(C)C)c1. The third-order valence-corrected chi connectivity index (χ3v) is 2.61. The molecule has 1 nitrogen and oxygen atoms in total. The normalized spacial score (nSPS) is 11.6. The van der Waals surface area contributed by atoms with Gasteiger partial charge in [0.15, 0.2) is 0 Å². The summed E-state index contributed by atoms with van der Waals surface area (Å²) in [7, 11) is 0. The summed E-state index contributed by atoms with van der Waals surface area (Å²) in [6.45, 7) is 10.1. The zero-order chi connectivity index (χ0) is 12.7. The highest BCUT2D eigenvalue weighted by molar-refractivity contribution is 5.31. The van der Waals surface area contributed by atoms with E-state index in [2.05, 4.69) is 38.6 Å². The van der Waals surface area contributed by atoms with Gasteiger partial charge in [0, 0.05) is 0 Å². The van der Waals surface area contributed by atoms with Gasteiger partial charge in [-0.3, -0.25) is 0 Å². The molecule has 0 saturated heterocycles. The van der Waals surface area contributed by atoms with Gasteiger partial charge in [0.25, 0.3) is 0 Å². The fourth-order valence-electron chi connectivity index (χ4n) is 1.57. The molecule has 0 unspecified atom stereocenters. The second kappa shape index (κ2) is 6.95. The van der Waals surface area contributed by atoms with Gasteiger partial charge in [-0.15, -0.1) is 6.58 Å². The van der Waals surface area contributed by atoms with Crippen molar-refractivity contribution in [2.75, 3.05) is 0 Å². The van der Waals surface area contributed by atoms with E-state index in [9.17, 15) is 0 Å². The number of hydrogen-bond donors (Lipinski definition) is 0. The number of ether oxygens (including phenoxy) is 1. The van der Waals surface area contributed by atoms with Gasteiger partial charge in [-0.25, -0.2) is 0 Å². The van der Waals surface area contributed by atoms with E-state index in [0.29, 0.717) is 5.92 Å². The van der Waals surface area contributed by atoms with Crippen molar-refractivity contribution in [2.24, 2.45) is 0 Å². The van der Waals surface area contributed by atoms with Crippen molar-refractivity contribution < 1.29 is 4.74 Å². The third kappa shape index (κ3) is 4.90. The average Bonchev–Trinajstić information content (AvgIpc) is 2.29. The maximum atomic E-state index is 5.78. The van der Waals surface area contributed by atoms with Crippen molar-refractivity contribution in [3.8, 4) is 5.75 Å². The molecule has 1 aromatic rings. The van der Waals surface area contributed by atoms with Crippen LogP contribution in [0, 0.1) is 0 Å². The summed E-state index contributed by atoms with van der Waals surface area (Å²) >= 11 is 0. The van der Waals surface area contributed by atoms with Crippen LogP contribution in [-0.4, -0.2) is 0 Å². The molecule has 0 saturated carbocycles. The molecule has 0 aliphatic rings. The van der Waals surface area contributed by atoms with E-state index >= 15 is 0 Å². The van der Waals surface area contributed by atoms with Crippen molar-refractivity contribution in [1.82, 2.24) is 0 Å². The Balaban J connectivity index is 2.64. The summed E-state index contributed by atoms with van der Waals surface area (Å²) in [5.74, 6) is 2.40. The Morgan fingerprint density at radius 2 is 2.12 bits per heavy atom. The van der Waals surface area contributed by atoms with Gasteiger partial charge in [-0.1, -0.05) is 32.1 Å². The van der Waals surface area contributed by atoms with Gasteiger partial charge in [0.2, 0.25) is 0 Å². The van der Waals surface area contributed by atoms with Crippen LogP contribution in [-0.2, 0) is 0 Å².